The van der Waals surface area contributed by atoms with Crippen LogP contribution in [-0.2, 0) is 14.4 Å². The quantitative estimate of drug-likeness (QED) is 0.430. The van der Waals surface area contributed by atoms with E-state index in [9.17, 15) is 14.4 Å². The van der Waals surface area contributed by atoms with Crippen molar-refractivity contribution >= 4 is 39.5 Å². The van der Waals surface area contributed by atoms with Gasteiger partial charge in [-0.3, -0.25) is 19.7 Å². The van der Waals surface area contributed by atoms with Gasteiger partial charge in [-0.1, -0.05) is 6.07 Å². The predicted octanol–water partition coefficient (Wildman–Crippen LogP) is 4.52. The second-order valence-electron chi connectivity index (χ2n) is 9.46. The van der Waals surface area contributed by atoms with E-state index in [1.807, 2.05) is 35.2 Å². The second-order valence-corrected chi connectivity index (χ2v) is 9.46. The summed E-state index contributed by atoms with van der Waals surface area (Å²) in [6, 6.07) is 9.94. The molecule has 3 aromatic rings. The Morgan fingerprint density at radius 3 is 2.74 bits per heavy atom. The molecule has 178 valence electrons. The van der Waals surface area contributed by atoms with Gasteiger partial charge >= 0.3 is 0 Å². The third-order valence-corrected chi connectivity index (χ3v) is 7.25. The number of furan rings is 1. The molecule has 5 rings (SSSR count). The van der Waals surface area contributed by atoms with Crippen LogP contribution in [-0.4, -0.2) is 42.3 Å². The zero-order chi connectivity index (χ0) is 23.7. The number of piperidine rings is 2. The van der Waals surface area contributed by atoms with E-state index in [1.54, 1.807) is 13.2 Å². The summed E-state index contributed by atoms with van der Waals surface area (Å²) >= 11 is 0. The summed E-state index contributed by atoms with van der Waals surface area (Å²) in [7, 11) is 0. The summed E-state index contributed by atoms with van der Waals surface area (Å²) in [4.78, 5) is 37.4. The molecule has 7 heteroatoms. The number of ether oxygens (including phenoxy) is 1. The Kier molecular flexibility index (Phi) is 6.26. The summed E-state index contributed by atoms with van der Waals surface area (Å²) in [5.41, 5.74) is 1.56. The van der Waals surface area contributed by atoms with Gasteiger partial charge in [-0.15, -0.1) is 0 Å². The molecule has 2 aliphatic rings. The SMILES string of the molecule is CC(=O)N1CCC(CCCOc2ccc3c(ccc4occ(C5CCC(=O)NC5=O)c43)c2)CC1. The number of hydrogen-bond acceptors (Lipinski definition) is 5. The molecule has 3 amide bonds. The van der Waals surface area contributed by atoms with Gasteiger partial charge in [0.1, 0.15) is 11.3 Å². The molecule has 0 spiro atoms. The minimum atomic E-state index is -0.386. The summed E-state index contributed by atoms with van der Waals surface area (Å²) in [6.45, 7) is 4.04. The Bertz CT molecular complexity index is 1240. The van der Waals surface area contributed by atoms with E-state index in [-0.39, 0.29) is 23.6 Å². The van der Waals surface area contributed by atoms with Gasteiger partial charge in [0.15, 0.2) is 0 Å². The molecular formula is C27H30N2O5. The Balaban J connectivity index is 1.24. The number of carbonyl (C=O) groups is 3. The summed E-state index contributed by atoms with van der Waals surface area (Å²) < 4.78 is 11.8. The Hall–Kier alpha value is -3.35. The number of imide groups is 1. The van der Waals surface area contributed by atoms with E-state index in [0.717, 1.165) is 71.8 Å². The molecule has 0 aliphatic carbocycles. The summed E-state index contributed by atoms with van der Waals surface area (Å²) in [6.07, 6.45) is 6.73. The fourth-order valence-corrected chi connectivity index (χ4v) is 5.30. The lowest BCUT2D eigenvalue weighted by Gasteiger charge is -2.31. The van der Waals surface area contributed by atoms with Gasteiger partial charge in [-0.05, 0) is 73.1 Å². The maximum absolute atomic E-state index is 12.4. The van der Waals surface area contributed by atoms with Gasteiger partial charge < -0.3 is 14.1 Å². The first-order chi connectivity index (χ1) is 16.5. The van der Waals surface area contributed by atoms with E-state index < -0.39 is 0 Å². The molecule has 1 atom stereocenters. The van der Waals surface area contributed by atoms with Crippen LogP contribution in [0.25, 0.3) is 21.7 Å². The third kappa shape index (κ3) is 4.52. The number of nitrogens with one attached hydrogen (secondary N) is 1. The van der Waals surface area contributed by atoms with Crippen molar-refractivity contribution in [2.75, 3.05) is 19.7 Å². The van der Waals surface area contributed by atoms with Crippen LogP contribution in [0.15, 0.2) is 41.0 Å². The van der Waals surface area contributed by atoms with Crippen molar-refractivity contribution in [3.8, 4) is 5.75 Å². The third-order valence-electron chi connectivity index (χ3n) is 7.25. The van der Waals surface area contributed by atoms with Crippen LogP contribution in [0.4, 0.5) is 0 Å². The molecule has 2 saturated heterocycles. The Morgan fingerprint density at radius 1 is 1.15 bits per heavy atom. The van der Waals surface area contributed by atoms with Crippen molar-refractivity contribution in [2.45, 2.75) is 51.4 Å². The van der Waals surface area contributed by atoms with Gasteiger partial charge in [-0.2, -0.15) is 0 Å². The second kappa shape index (κ2) is 9.49. The summed E-state index contributed by atoms with van der Waals surface area (Å²) in [5.74, 6) is 0.795. The average Bonchev–Trinajstić information content (AvgIpc) is 3.26. The zero-order valence-corrected chi connectivity index (χ0v) is 19.5. The van der Waals surface area contributed by atoms with E-state index in [1.165, 1.54) is 0 Å². The smallest absolute Gasteiger partial charge is 0.234 e. The van der Waals surface area contributed by atoms with Crippen molar-refractivity contribution in [2.24, 2.45) is 5.92 Å². The molecule has 2 aromatic carbocycles. The summed E-state index contributed by atoms with van der Waals surface area (Å²) in [5, 5.41) is 5.40. The largest absolute Gasteiger partial charge is 0.494 e. The van der Waals surface area contributed by atoms with Crippen LogP contribution in [0, 0.1) is 5.92 Å². The van der Waals surface area contributed by atoms with E-state index in [2.05, 4.69) is 5.32 Å². The maximum Gasteiger partial charge on any atom is 0.234 e. The standard InChI is InChI=1S/C27H30N2O5/c1-17(30)29-12-10-18(11-13-29)3-2-14-33-20-5-6-21-19(15-20)4-8-24-26(21)23(16-34-24)22-7-9-25(31)28-27(22)32/h4-6,8,15-16,18,22H,2-3,7,9-14H2,1H3,(H,28,31,32). The number of benzene rings is 2. The van der Waals surface area contributed by atoms with Crippen molar-refractivity contribution in [1.82, 2.24) is 10.2 Å². The number of fused-ring (bicyclic) bond motifs is 3. The topological polar surface area (TPSA) is 88.8 Å². The van der Waals surface area contributed by atoms with E-state index in [4.69, 9.17) is 9.15 Å². The molecule has 2 aliphatic heterocycles. The molecule has 0 saturated carbocycles. The monoisotopic (exact) mass is 462 g/mol. The first-order valence-corrected chi connectivity index (χ1v) is 12.2. The lowest BCUT2D eigenvalue weighted by molar-refractivity contribution is -0.134. The van der Waals surface area contributed by atoms with Gasteiger partial charge in [0, 0.05) is 37.4 Å². The maximum atomic E-state index is 12.4. The lowest BCUT2D eigenvalue weighted by atomic mass is 9.89. The van der Waals surface area contributed by atoms with Crippen LogP contribution in [0.5, 0.6) is 5.75 Å². The fourth-order valence-electron chi connectivity index (χ4n) is 5.30. The fraction of sp³-hybridized carbons (Fsp3) is 0.444. The van der Waals surface area contributed by atoms with Gasteiger partial charge in [0.25, 0.3) is 0 Å². The Labute approximate surface area is 198 Å². The highest BCUT2D eigenvalue weighted by atomic mass is 16.5. The molecule has 7 nitrogen and oxygen atoms in total. The molecule has 0 bridgehead atoms. The highest BCUT2D eigenvalue weighted by Crippen LogP contribution is 2.37. The van der Waals surface area contributed by atoms with Crippen molar-refractivity contribution < 1.29 is 23.5 Å². The van der Waals surface area contributed by atoms with Crippen molar-refractivity contribution in [3.05, 3.63) is 42.2 Å². The average molecular weight is 463 g/mol. The molecular weight excluding hydrogens is 432 g/mol. The molecule has 3 heterocycles. The van der Waals surface area contributed by atoms with Crippen LogP contribution >= 0.6 is 0 Å². The molecule has 2 fully saturated rings. The first-order valence-electron chi connectivity index (χ1n) is 12.2. The van der Waals surface area contributed by atoms with Crippen LogP contribution in [0.1, 0.15) is 56.9 Å². The van der Waals surface area contributed by atoms with Crippen molar-refractivity contribution in [1.29, 1.82) is 0 Å². The van der Waals surface area contributed by atoms with Crippen LogP contribution in [0.3, 0.4) is 0 Å². The number of rotatable bonds is 6. The van der Waals surface area contributed by atoms with Crippen LogP contribution < -0.4 is 10.1 Å². The number of amides is 3. The molecule has 34 heavy (non-hydrogen) atoms. The highest BCUT2D eigenvalue weighted by molar-refractivity contribution is 6.10. The number of nitrogens with zero attached hydrogens (tertiary/aromatic N) is 1. The first kappa shape index (κ1) is 22.4. The van der Waals surface area contributed by atoms with Gasteiger partial charge in [0.2, 0.25) is 17.7 Å². The molecule has 1 N–H and O–H groups in total. The normalized spacial score (nSPS) is 19.6. The number of likely N-dealkylation sites (tertiary alicyclic amines) is 1. The molecule has 1 unspecified atom stereocenters. The minimum Gasteiger partial charge on any atom is -0.494 e. The molecule has 1 aromatic heterocycles. The number of carbonyl (C=O) groups excluding carboxylic acids is 3. The van der Waals surface area contributed by atoms with Gasteiger partial charge in [-0.25, -0.2) is 0 Å². The number of hydrogen-bond donors (Lipinski definition) is 1. The van der Waals surface area contributed by atoms with Gasteiger partial charge in [0.05, 0.1) is 18.8 Å². The zero-order valence-electron chi connectivity index (χ0n) is 19.5. The molecule has 0 radical (unpaired) electrons. The van der Waals surface area contributed by atoms with Crippen molar-refractivity contribution in [3.63, 3.8) is 0 Å². The van der Waals surface area contributed by atoms with E-state index >= 15 is 0 Å². The highest BCUT2D eigenvalue weighted by Gasteiger charge is 2.31. The Morgan fingerprint density at radius 2 is 1.97 bits per heavy atom. The van der Waals surface area contributed by atoms with Crippen LogP contribution in [0.2, 0.25) is 0 Å². The lowest BCUT2D eigenvalue weighted by Crippen LogP contribution is -2.39. The van der Waals surface area contributed by atoms with E-state index in [0.29, 0.717) is 25.4 Å². The minimum absolute atomic E-state index is 0.176. The predicted molar refractivity (Wildman–Crippen MR) is 129 cm³/mol.